The summed E-state index contributed by atoms with van der Waals surface area (Å²) in [5.41, 5.74) is -2.50. The maximum absolute atomic E-state index is 13.9. The molecule has 244 valence electrons. The molecule has 2 aromatic carbocycles. The molecule has 13 heteroatoms. The van der Waals surface area contributed by atoms with Gasteiger partial charge < -0.3 is 10.0 Å². The molecule has 0 radical (unpaired) electrons. The van der Waals surface area contributed by atoms with Crippen LogP contribution in [0.1, 0.15) is 67.0 Å². The van der Waals surface area contributed by atoms with E-state index in [1.165, 1.54) is 4.90 Å². The number of amides is 1. The molecule has 7 nitrogen and oxygen atoms in total. The van der Waals surface area contributed by atoms with Crippen molar-refractivity contribution in [1.29, 1.82) is 5.26 Å². The lowest BCUT2D eigenvalue weighted by molar-refractivity contribution is -0.141. The van der Waals surface area contributed by atoms with Crippen LogP contribution in [0, 0.1) is 16.7 Å². The predicted octanol–water partition coefficient (Wildman–Crippen LogP) is 7.87. The molecule has 2 aliphatic rings. The number of ketones is 1. The van der Waals surface area contributed by atoms with E-state index in [0.717, 1.165) is 12.1 Å². The third-order valence-electron chi connectivity index (χ3n) is 8.39. The quantitative estimate of drug-likeness (QED) is 0.196. The first-order valence-corrected chi connectivity index (χ1v) is 14.7. The van der Waals surface area contributed by atoms with Crippen LogP contribution < -0.4 is 0 Å². The highest BCUT2D eigenvalue weighted by molar-refractivity contribution is 6.20. The Morgan fingerprint density at radius 3 is 2.53 bits per heavy atom. The number of carbonyl (C=O) groups is 2. The van der Waals surface area contributed by atoms with Crippen LogP contribution in [-0.4, -0.2) is 31.7 Å². The fourth-order valence-electron chi connectivity index (χ4n) is 5.98. The van der Waals surface area contributed by atoms with Crippen LogP contribution >= 0.6 is 0 Å². The number of hydrogen-bond donors (Lipinski definition) is 1. The highest BCUT2D eigenvalue weighted by Gasteiger charge is 2.42. The van der Waals surface area contributed by atoms with Gasteiger partial charge in [0.25, 0.3) is 5.91 Å². The van der Waals surface area contributed by atoms with Crippen LogP contribution in [-0.2, 0) is 34.9 Å². The molecule has 1 amide bonds. The zero-order valence-corrected chi connectivity index (χ0v) is 25.0. The highest BCUT2D eigenvalue weighted by Crippen LogP contribution is 2.45. The normalized spacial score (nSPS) is 18.5. The van der Waals surface area contributed by atoms with Gasteiger partial charge in [0.05, 0.1) is 29.4 Å². The van der Waals surface area contributed by atoms with Crippen LogP contribution in [0.25, 0.3) is 11.3 Å². The van der Waals surface area contributed by atoms with E-state index < -0.39 is 46.3 Å². The summed E-state index contributed by atoms with van der Waals surface area (Å²) in [5.74, 6) is -1.75. The van der Waals surface area contributed by atoms with E-state index in [9.17, 15) is 46.3 Å². The Kier molecular flexibility index (Phi) is 8.99. The maximum atomic E-state index is 13.9. The summed E-state index contributed by atoms with van der Waals surface area (Å²) in [6.45, 7) is 1.78. The van der Waals surface area contributed by atoms with Crippen LogP contribution in [0.3, 0.4) is 0 Å². The third kappa shape index (κ3) is 7.06. The van der Waals surface area contributed by atoms with Crippen LogP contribution in [0.5, 0.6) is 0 Å². The van der Waals surface area contributed by atoms with Gasteiger partial charge in [-0.05, 0) is 80.5 Å². The summed E-state index contributed by atoms with van der Waals surface area (Å²) in [6.07, 6.45) is -5.91. The van der Waals surface area contributed by atoms with Crippen molar-refractivity contribution >= 4 is 11.7 Å². The summed E-state index contributed by atoms with van der Waals surface area (Å²) in [6, 6.07) is 11.9. The van der Waals surface area contributed by atoms with Gasteiger partial charge in [-0.2, -0.15) is 31.6 Å². The average molecular weight is 655 g/mol. The molecule has 1 aromatic heterocycles. The average Bonchev–Trinajstić information content (AvgIpc) is 3.07. The Bertz CT molecular complexity index is 1840. The Morgan fingerprint density at radius 2 is 1.83 bits per heavy atom. The van der Waals surface area contributed by atoms with E-state index in [1.807, 2.05) is 6.07 Å². The number of benzene rings is 2. The van der Waals surface area contributed by atoms with Crippen LogP contribution in [0.4, 0.5) is 26.3 Å². The molecule has 2 heterocycles. The second-order valence-corrected chi connectivity index (χ2v) is 11.8. The number of aromatic nitrogens is 2. The number of fused-ring (bicyclic) bond motifs is 1. The predicted molar refractivity (Wildman–Crippen MR) is 157 cm³/mol. The van der Waals surface area contributed by atoms with Gasteiger partial charge in [-0.1, -0.05) is 24.3 Å². The van der Waals surface area contributed by atoms with Crippen molar-refractivity contribution in [3.8, 4) is 17.3 Å². The third-order valence-corrected chi connectivity index (χ3v) is 8.39. The van der Waals surface area contributed by atoms with E-state index in [4.69, 9.17) is 0 Å². The van der Waals surface area contributed by atoms with Gasteiger partial charge in [0.15, 0.2) is 5.78 Å². The molecule has 1 N–H and O–H groups in total. The Balaban J connectivity index is 1.42. The number of allylic oxidation sites excluding steroid dienone is 2. The Labute approximate surface area is 265 Å². The molecule has 0 saturated carbocycles. The summed E-state index contributed by atoms with van der Waals surface area (Å²) in [7, 11) is 0. The highest BCUT2D eigenvalue weighted by atomic mass is 19.4. The number of alkyl halides is 6. The fraction of sp³-hybridized carbons (Fsp3) is 0.324. The minimum atomic E-state index is -4.86. The lowest BCUT2D eigenvalue weighted by Crippen LogP contribution is -2.33. The Hall–Kier alpha value is -4.99. The van der Waals surface area contributed by atoms with Crippen molar-refractivity contribution in [3.63, 3.8) is 0 Å². The van der Waals surface area contributed by atoms with E-state index >= 15 is 0 Å². The van der Waals surface area contributed by atoms with Crippen LogP contribution in [0.2, 0.25) is 0 Å². The molecule has 2 bridgehead atoms. The number of nitriles is 1. The standard InChI is InChI=1S/C34H28F6N4O3/c1-32-12-4-8-24(16-32)44(18-21-6-2-5-20(13-21)17-41)31(47)29(30(32)46)27(45)9-3-7-22-10-11-23(33(35,36)37)14-25(22)26-15-28(34(38,39)40)43-19-42-26/h2,5-6,10-11,13-16,19,46H,3-4,7-9,12,18H2,1H3/t32-/m0/s1. The number of rotatable bonds is 8. The van der Waals surface area contributed by atoms with E-state index in [-0.39, 0.29) is 48.4 Å². The summed E-state index contributed by atoms with van der Waals surface area (Å²) >= 11 is 0. The molecule has 3 aromatic rings. The lowest BCUT2D eigenvalue weighted by Gasteiger charge is -2.31. The van der Waals surface area contributed by atoms with Gasteiger partial charge in [0.2, 0.25) is 0 Å². The molecule has 5 rings (SSSR count). The van der Waals surface area contributed by atoms with E-state index in [2.05, 4.69) is 9.97 Å². The molecule has 0 spiro atoms. The molecule has 0 unspecified atom stereocenters. The van der Waals surface area contributed by atoms with Gasteiger partial charge in [-0.3, -0.25) is 9.59 Å². The monoisotopic (exact) mass is 654 g/mol. The summed E-state index contributed by atoms with van der Waals surface area (Å²) in [4.78, 5) is 36.0. The maximum Gasteiger partial charge on any atom is 0.433 e. The van der Waals surface area contributed by atoms with Crippen LogP contribution in [0.15, 0.2) is 78.0 Å². The zero-order chi connectivity index (χ0) is 34.1. The summed E-state index contributed by atoms with van der Waals surface area (Å²) in [5, 5.41) is 20.6. The van der Waals surface area contributed by atoms with Crippen molar-refractivity contribution < 1.29 is 41.0 Å². The van der Waals surface area contributed by atoms with E-state index in [0.29, 0.717) is 54.5 Å². The zero-order valence-electron chi connectivity index (χ0n) is 25.0. The topological polar surface area (TPSA) is 107 Å². The van der Waals surface area contributed by atoms with Crippen molar-refractivity contribution in [3.05, 3.63) is 106 Å². The van der Waals surface area contributed by atoms with Crippen molar-refractivity contribution in [1.82, 2.24) is 14.9 Å². The van der Waals surface area contributed by atoms with Gasteiger partial charge >= 0.3 is 12.4 Å². The number of carbonyl (C=O) groups excluding carboxylic acids is 2. The molecular weight excluding hydrogens is 626 g/mol. The van der Waals surface area contributed by atoms with Crippen molar-refractivity contribution in [2.75, 3.05) is 0 Å². The molecule has 0 saturated heterocycles. The first-order valence-electron chi connectivity index (χ1n) is 14.7. The molecule has 1 aliphatic carbocycles. The summed E-state index contributed by atoms with van der Waals surface area (Å²) < 4.78 is 80.6. The van der Waals surface area contributed by atoms with E-state index in [1.54, 1.807) is 37.3 Å². The minimum absolute atomic E-state index is 0.000313. The number of Topliss-reactive ketones (excluding diaryl/α,β-unsaturated/α-hetero) is 1. The fourth-order valence-corrected chi connectivity index (χ4v) is 5.98. The molecule has 1 aliphatic heterocycles. The van der Waals surface area contributed by atoms with Gasteiger partial charge in [0, 0.05) is 23.1 Å². The molecule has 47 heavy (non-hydrogen) atoms. The minimum Gasteiger partial charge on any atom is -0.510 e. The lowest BCUT2D eigenvalue weighted by atomic mass is 9.77. The number of aliphatic hydroxyl groups is 1. The second kappa shape index (κ2) is 12.7. The largest absolute Gasteiger partial charge is 0.510 e. The van der Waals surface area contributed by atoms with Gasteiger partial charge in [0.1, 0.15) is 23.4 Å². The number of aryl methyl sites for hydroxylation is 1. The molecule has 0 fully saturated rings. The van der Waals surface area contributed by atoms with Crippen molar-refractivity contribution in [2.24, 2.45) is 5.41 Å². The number of nitrogens with zero attached hydrogens (tertiary/aromatic N) is 4. The first kappa shape index (κ1) is 33.4. The number of aliphatic hydroxyl groups excluding tert-OH is 1. The van der Waals surface area contributed by atoms with Crippen molar-refractivity contribution in [2.45, 2.75) is 64.3 Å². The smallest absolute Gasteiger partial charge is 0.433 e. The first-order chi connectivity index (χ1) is 22.1. The van der Waals surface area contributed by atoms with Gasteiger partial charge in [-0.15, -0.1) is 0 Å². The number of hydrogen-bond acceptors (Lipinski definition) is 6. The molecular formula is C34H28F6N4O3. The number of halogens is 6. The molecule has 1 atom stereocenters. The van der Waals surface area contributed by atoms with Gasteiger partial charge in [-0.25, -0.2) is 9.97 Å². The SMILES string of the molecule is C[C@@]12C=C(CCC1)N(Cc1cccc(C#N)c1)C(=O)C(C(=O)CCCc1ccc(C(F)(F)F)cc1-c1cc(C(F)(F)F)ncn1)=C2O. The second-order valence-electron chi connectivity index (χ2n) is 11.8. The Morgan fingerprint density at radius 1 is 1.06 bits per heavy atom.